The third-order valence-electron chi connectivity index (χ3n) is 4.01. The van der Waals surface area contributed by atoms with E-state index in [-0.39, 0.29) is 12.3 Å². The second-order valence-corrected chi connectivity index (χ2v) is 5.77. The SMILES string of the molecule is CC1(C(=O)N[C@@H](Cc2ccccc2)C(=O)O)CCCCN1. The molecule has 1 saturated heterocycles. The molecule has 5 nitrogen and oxygen atoms in total. The molecule has 0 aliphatic carbocycles. The van der Waals surface area contributed by atoms with E-state index >= 15 is 0 Å². The molecule has 3 N–H and O–H groups in total. The van der Waals surface area contributed by atoms with Gasteiger partial charge in [0, 0.05) is 6.42 Å². The third-order valence-corrected chi connectivity index (χ3v) is 4.01. The number of carbonyl (C=O) groups excluding carboxylic acids is 1. The quantitative estimate of drug-likeness (QED) is 0.764. The van der Waals surface area contributed by atoms with Gasteiger partial charge in [-0.15, -0.1) is 0 Å². The third kappa shape index (κ3) is 4.04. The first-order chi connectivity index (χ1) is 10.0. The van der Waals surface area contributed by atoms with Gasteiger partial charge in [0.15, 0.2) is 0 Å². The Morgan fingerprint density at radius 1 is 1.33 bits per heavy atom. The Bertz CT molecular complexity index is 496. The highest BCUT2D eigenvalue weighted by Crippen LogP contribution is 2.19. The number of carboxylic acids is 1. The lowest BCUT2D eigenvalue weighted by Gasteiger charge is -2.34. The number of amides is 1. The highest BCUT2D eigenvalue weighted by molar-refractivity contribution is 5.90. The number of benzene rings is 1. The molecule has 0 spiro atoms. The van der Waals surface area contributed by atoms with Crippen molar-refractivity contribution in [3.8, 4) is 0 Å². The first kappa shape index (κ1) is 15.5. The molecule has 1 aromatic rings. The molecule has 114 valence electrons. The summed E-state index contributed by atoms with van der Waals surface area (Å²) in [5, 5.41) is 15.2. The summed E-state index contributed by atoms with van der Waals surface area (Å²) in [6.07, 6.45) is 3.05. The summed E-state index contributed by atoms with van der Waals surface area (Å²) in [7, 11) is 0. The predicted octanol–water partition coefficient (Wildman–Crippen LogP) is 1.33. The van der Waals surface area contributed by atoms with Crippen LogP contribution in [0.25, 0.3) is 0 Å². The molecular weight excluding hydrogens is 268 g/mol. The number of nitrogens with one attached hydrogen (secondary N) is 2. The lowest BCUT2D eigenvalue weighted by molar-refractivity contribution is -0.143. The Labute approximate surface area is 124 Å². The monoisotopic (exact) mass is 290 g/mol. The molecule has 0 bridgehead atoms. The maximum atomic E-state index is 12.4. The number of carbonyl (C=O) groups is 2. The van der Waals surface area contributed by atoms with E-state index in [2.05, 4.69) is 10.6 Å². The maximum absolute atomic E-state index is 12.4. The Kier molecular flexibility index (Phi) is 4.96. The van der Waals surface area contributed by atoms with Gasteiger partial charge in [0.25, 0.3) is 0 Å². The van der Waals surface area contributed by atoms with Crippen molar-refractivity contribution in [2.75, 3.05) is 6.54 Å². The second kappa shape index (κ2) is 6.72. The van der Waals surface area contributed by atoms with E-state index in [1.807, 2.05) is 37.3 Å². The molecule has 0 aromatic heterocycles. The fourth-order valence-corrected chi connectivity index (χ4v) is 2.62. The lowest BCUT2D eigenvalue weighted by Crippen LogP contribution is -2.59. The van der Waals surface area contributed by atoms with E-state index in [1.165, 1.54) is 0 Å². The van der Waals surface area contributed by atoms with Gasteiger partial charge in [-0.3, -0.25) is 4.79 Å². The standard InChI is InChI=1S/C16H22N2O3/c1-16(9-5-6-10-17-16)15(21)18-13(14(19)20)11-12-7-3-2-4-8-12/h2-4,7-8,13,17H,5-6,9-11H2,1H3,(H,18,21)(H,19,20)/t13-,16?/m0/s1. The van der Waals surface area contributed by atoms with Gasteiger partial charge >= 0.3 is 5.97 Å². The van der Waals surface area contributed by atoms with Crippen LogP contribution in [-0.4, -0.2) is 35.1 Å². The Hall–Kier alpha value is -1.88. The molecule has 2 rings (SSSR count). The number of carboxylic acid groups (broad SMARTS) is 1. The molecule has 1 amide bonds. The molecule has 2 atom stereocenters. The average molecular weight is 290 g/mol. The van der Waals surface area contributed by atoms with Crippen LogP contribution in [0.3, 0.4) is 0 Å². The van der Waals surface area contributed by atoms with Gasteiger partial charge in [0.1, 0.15) is 6.04 Å². The van der Waals surface area contributed by atoms with Crippen LogP contribution >= 0.6 is 0 Å². The zero-order valence-electron chi connectivity index (χ0n) is 12.3. The number of hydrogen-bond donors (Lipinski definition) is 3. The minimum absolute atomic E-state index is 0.231. The van der Waals surface area contributed by atoms with E-state index in [4.69, 9.17) is 0 Å². The first-order valence-electron chi connectivity index (χ1n) is 7.34. The van der Waals surface area contributed by atoms with E-state index in [0.717, 1.165) is 31.4 Å². The van der Waals surface area contributed by atoms with Gasteiger partial charge in [0.05, 0.1) is 5.54 Å². The van der Waals surface area contributed by atoms with Crippen LogP contribution < -0.4 is 10.6 Å². The lowest BCUT2D eigenvalue weighted by atomic mass is 9.89. The minimum Gasteiger partial charge on any atom is -0.480 e. The van der Waals surface area contributed by atoms with Crippen molar-refractivity contribution in [3.63, 3.8) is 0 Å². The molecule has 1 aromatic carbocycles. The van der Waals surface area contributed by atoms with Crippen molar-refractivity contribution in [1.29, 1.82) is 0 Å². The minimum atomic E-state index is -1.01. The molecule has 0 radical (unpaired) electrons. The molecule has 5 heteroatoms. The van der Waals surface area contributed by atoms with Gasteiger partial charge in [-0.25, -0.2) is 4.79 Å². The van der Waals surface area contributed by atoms with E-state index in [9.17, 15) is 14.7 Å². The van der Waals surface area contributed by atoms with Gasteiger partial charge in [-0.1, -0.05) is 30.3 Å². The van der Waals surface area contributed by atoms with Crippen LogP contribution in [0.5, 0.6) is 0 Å². The molecular formula is C16H22N2O3. The zero-order valence-corrected chi connectivity index (χ0v) is 12.3. The highest BCUT2D eigenvalue weighted by Gasteiger charge is 2.36. The zero-order chi connectivity index (χ0) is 15.3. The van der Waals surface area contributed by atoms with Crippen LogP contribution in [-0.2, 0) is 16.0 Å². The van der Waals surface area contributed by atoms with E-state index < -0.39 is 17.6 Å². The predicted molar refractivity (Wildman–Crippen MR) is 80.0 cm³/mol. The van der Waals surface area contributed by atoms with Gasteiger partial charge in [0.2, 0.25) is 5.91 Å². The topological polar surface area (TPSA) is 78.4 Å². The largest absolute Gasteiger partial charge is 0.480 e. The van der Waals surface area contributed by atoms with Gasteiger partial charge in [-0.05, 0) is 38.3 Å². The number of piperidine rings is 1. The fraction of sp³-hybridized carbons (Fsp3) is 0.500. The van der Waals surface area contributed by atoms with Gasteiger partial charge in [-0.2, -0.15) is 0 Å². The highest BCUT2D eigenvalue weighted by atomic mass is 16.4. The first-order valence-corrected chi connectivity index (χ1v) is 7.34. The summed E-state index contributed by atoms with van der Waals surface area (Å²) in [4.78, 5) is 23.8. The second-order valence-electron chi connectivity index (χ2n) is 5.77. The van der Waals surface area contributed by atoms with Crippen molar-refractivity contribution in [1.82, 2.24) is 10.6 Å². The van der Waals surface area contributed by atoms with E-state index in [0.29, 0.717) is 0 Å². The molecule has 1 aliphatic rings. The van der Waals surface area contributed by atoms with Crippen molar-refractivity contribution in [2.45, 2.75) is 44.2 Å². The normalized spacial score (nSPS) is 23.3. The van der Waals surface area contributed by atoms with Gasteiger partial charge < -0.3 is 15.7 Å². The van der Waals surface area contributed by atoms with Crippen LogP contribution in [0.15, 0.2) is 30.3 Å². The maximum Gasteiger partial charge on any atom is 0.326 e. The molecule has 21 heavy (non-hydrogen) atoms. The molecule has 1 fully saturated rings. The molecule has 1 aliphatic heterocycles. The summed E-state index contributed by atoms with van der Waals surface area (Å²) < 4.78 is 0. The Morgan fingerprint density at radius 3 is 2.62 bits per heavy atom. The van der Waals surface area contributed by atoms with Crippen LogP contribution in [0.2, 0.25) is 0 Å². The summed E-state index contributed by atoms with van der Waals surface area (Å²) in [5.74, 6) is -1.24. The number of rotatable bonds is 5. The summed E-state index contributed by atoms with van der Waals surface area (Å²) >= 11 is 0. The number of aliphatic carboxylic acids is 1. The summed E-state index contributed by atoms with van der Waals surface area (Å²) in [6.45, 7) is 2.63. The fourth-order valence-electron chi connectivity index (χ4n) is 2.62. The Morgan fingerprint density at radius 2 is 2.05 bits per heavy atom. The van der Waals surface area contributed by atoms with Crippen LogP contribution in [0.4, 0.5) is 0 Å². The molecule has 1 heterocycles. The summed E-state index contributed by atoms with van der Waals surface area (Å²) in [6, 6.07) is 8.43. The smallest absolute Gasteiger partial charge is 0.326 e. The number of hydrogen-bond acceptors (Lipinski definition) is 3. The van der Waals surface area contributed by atoms with Crippen molar-refractivity contribution in [2.24, 2.45) is 0 Å². The van der Waals surface area contributed by atoms with Crippen molar-refractivity contribution >= 4 is 11.9 Å². The average Bonchev–Trinajstić information content (AvgIpc) is 2.48. The van der Waals surface area contributed by atoms with Crippen molar-refractivity contribution < 1.29 is 14.7 Å². The van der Waals surface area contributed by atoms with Crippen molar-refractivity contribution in [3.05, 3.63) is 35.9 Å². The molecule has 0 saturated carbocycles. The Balaban J connectivity index is 2.02. The summed E-state index contributed by atoms with van der Waals surface area (Å²) in [5.41, 5.74) is 0.231. The molecule has 1 unspecified atom stereocenters. The van der Waals surface area contributed by atoms with Crippen LogP contribution in [0, 0.1) is 0 Å². The van der Waals surface area contributed by atoms with Crippen LogP contribution in [0.1, 0.15) is 31.7 Å². The van der Waals surface area contributed by atoms with E-state index in [1.54, 1.807) is 0 Å².